The topological polar surface area (TPSA) is 74.4 Å². The second-order valence-corrected chi connectivity index (χ2v) is 9.37. The van der Waals surface area contributed by atoms with Gasteiger partial charge in [0.2, 0.25) is 9.84 Å². The summed E-state index contributed by atoms with van der Waals surface area (Å²) >= 11 is 0. The molecule has 2 N–H and O–H groups in total. The molecule has 3 aromatic rings. The van der Waals surface area contributed by atoms with Crippen LogP contribution in [0.2, 0.25) is 0 Å². The Labute approximate surface area is 169 Å². The van der Waals surface area contributed by atoms with Crippen LogP contribution in [-0.4, -0.2) is 51.6 Å². The zero-order chi connectivity index (χ0) is 20.6. The number of halogens is 1. The van der Waals surface area contributed by atoms with Gasteiger partial charge in [0, 0.05) is 16.9 Å². The average Bonchev–Trinajstić information content (AvgIpc) is 3.13. The van der Waals surface area contributed by atoms with E-state index >= 15 is 0 Å². The fraction of sp³-hybridized carbons (Fsp3) is 0.333. The van der Waals surface area contributed by atoms with Crippen LogP contribution >= 0.6 is 0 Å². The predicted molar refractivity (Wildman–Crippen MR) is 111 cm³/mol. The zero-order valence-corrected chi connectivity index (χ0v) is 17.2. The van der Waals surface area contributed by atoms with Gasteiger partial charge in [0.05, 0.1) is 17.7 Å². The molecule has 29 heavy (non-hydrogen) atoms. The quantitative estimate of drug-likeness (QED) is 0.663. The molecule has 0 aliphatic carbocycles. The lowest BCUT2D eigenvalue weighted by Gasteiger charge is -2.30. The number of ether oxygens (including phenoxy) is 1. The van der Waals surface area contributed by atoms with Crippen molar-refractivity contribution in [2.24, 2.45) is 0 Å². The van der Waals surface area contributed by atoms with Crippen LogP contribution in [0.4, 0.5) is 10.1 Å². The molecule has 0 bridgehead atoms. The van der Waals surface area contributed by atoms with E-state index < -0.39 is 15.7 Å². The minimum atomic E-state index is -3.79. The van der Waals surface area contributed by atoms with Gasteiger partial charge in [0.25, 0.3) is 0 Å². The van der Waals surface area contributed by atoms with Gasteiger partial charge in [-0.3, -0.25) is 0 Å². The third-order valence-corrected chi connectivity index (χ3v) is 7.08. The van der Waals surface area contributed by atoms with Gasteiger partial charge < -0.3 is 19.9 Å². The number of anilines is 1. The summed E-state index contributed by atoms with van der Waals surface area (Å²) in [5, 5.41) is 3.99. The van der Waals surface area contributed by atoms with Crippen LogP contribution in [0, 0.1) is 5.82 Å². The molecule has 0 spiro atoms. The van der Waals surface area contributed by atoms with Crippen molar-refractivity contribution in [1.29, 1.82) is 0 Å². The highest BCUT2D eigenvalue weighted by molar-refractivity contribution is 7.91. The molecule has 2 aromatic carbocycles. The molecular weight excluding hydrogens is 393 g/mol. The fourth-order valence-corrected chi connectivity index (χ4v) is 4.99. The lowest BCUT2D eigenvalue weighted by Crippen LogP contribution is -2.36. The van der Waals surface area contributed by atoms with Crippen LogP contribution in [0.15, 0.2) is 52.4 Å². The molecule has 0 amide bonds. The maximum Gasteiger partial charge on any atom is 0.221 e. The molecule has 1 aromatic heterocycles. The number of nitrogens with zero attached hydrogens (tertiary/aromatic N) is 1. The van der Waals surface area contributed by atoms with E-state index in [4.69, 9.17) is 4.74 Å². The normalized spacial score (nSPS) is 16.2. The highest BCUT2D eigenvalue weighted by Gasteiger charge is 2.23. The minimum absolute atomic E-state index is 0.0357. The van der Waals surface area contributed by atoms with Crippen LogP contribution in [-0.2, 0) is 9.84 Å². The third-order valence-electron chi connectivity index (χ3n) is 5.41. The van der Waals surface area contributed by atoms with Gasteiger partial charge in [-0.15, -0.1) is 0 Å². The average molecular weight is 418 g/mol. The van der Waals surface area contributed by atoms with E-state index in [1.165, 1.54) is 30.3 Å². The summed E-state index contributed by atoms with van der Waals surface area (Å²) in [6, 6.07) is 10.7. The minimum Gasteiger partial charge on any atom is -0.495 e. The van der Waals surface area contributed by atoms with Crippen LogP contribution in [0.3, 0.4) is 0 Å². The number of nitrogens with one attached hydrogen (secondary N) is 2. The van der Waals surface area contributed by atoms with Crippen molar-refractivity contribution in [2.75, 3.05) is 32.6 Å². The van der Waals surface area contributed by atoms with E-state index in [2.05, 4.69) is 22.2 Å². The number of benzene rings is 2. The molecule has 1 fully saturated rings. The molecular formula is C21H24FN3O3S. The summed E-state index contributed by atoms with van der Waals surface area (Å²) in [7, 11) is -0.134. The first-order valence-corrected chi connectivity index (χ1v) is 11.0. The summed E-state index contributed by atoms with van der Waals surface area (Å²) in [5.74, 6) is 0.191. The van der Waals surface area contributed by atoms with Crippen LogP contribution in [0.25, 0.3) is 10.9 Å². The van der Waals surface area contributed by atoms with E-state index in [1.54, 1.807) is 19.2 Å². The molecule has 0 saturated carbocycles. The van der Waals surface area contributed by atoms with Gasteiger partial charge in [0.15, 0.2) is 0 Å². The van der Waals surface area contributed by atoms with Gasteiger partial charge in [-0.1, -0.05) is 0 Å². The zero-order valence-electron chi connectivity index (χ0n) is 16.4. The lowest BCUT2D eigenvalue weighted by molar-refractivity contribution is 0.263. The molecule has 8 heteroatoms. The fourth-order valence-electron chi connectivity index (χ4n) is 3.69. The molecule has 4 rings (SSSR count). The number of methoxy groups -OCH3 is 1. The number of hydrogen-bond donors (Lipinski definition) is 2. The Morgan fingerprint density at radius 3 is 2.62 bits per heavy atom. The molecule has 6 nitrogen and oxygen atoms in total. The predicted octanol–water partition coefficient (Wildman–Crippen LogP) is 3.65. The van der Waals surface area contributed by atoms with E-state index in [0.717, 1.165) is 25.9 Å². The summed E-state index contributed by atoms with van der Waals surface area (Å²) in [6.07, 6.45) is 1.95. The number of hydrogen-bond acceptors (Lipinski definition) is 5. The van der Waals surface area contributed by atoms with Gasteiger partial charge in [0.1, 0.15) is 16.6 Å². The molecule has 0 atom stereocenters. The molecule has 1 aliphatic heterocycles. The number of aromatic amines is 1. The SMILES string of the molecule is COc1ccc(S(=O)(=O)c2cc3cc(F)ccc3[nH]2)cc1NC1CCN(C)CC1. The van der Waals surface area contributed by atoms with Gasteiger partial charge in [-0.05, 0) is 75.4 Å². The molecule has 1 saturated heterocycles. The Kier molecular flexibility index (Phi) is 5.23. The van der Waals surface area contributed by atoms with Crippen molar-refractivity contribution in [3.8, 4) is 5.75 Å². The van der Waals surface area contributed by atoms with Crippen molar-refractivity contribution in [3.63, 3.8) is 0 Å². The summed E-state index contributed by atoms with van der Waals surface area (Å²) in [5.41, 5.74) is 1.23. The molecule has 1 aliphatic rings. The number of likely N-dealkylation sites (tertiary alicyclic amines) is 1. The number of piperidine rings is 1. The van der Waals surface area contributed by atoms with E-state index in [9.17, 15) is 12.8 Å². The number of fused-ring (bicyclic) bond motifs is 1. The first-order valence-electron chi connectivity index (χ1n) is 9.53. The molecule has 2 heterocycles. The molecule has 0 radical (unpaired) electrons. The molecule has 154 valence electrons. The highest BCUT2D eigenvalue weighted by Crippen LogP contribution is 2.32. The summed E-state index contributed by atoms with van der Waals surface area (Å²) in [4.78, 5) is 5.31. The Balaban J connectivity index is 1.67. The maximum absolute atomic E-state index is 13.5. The van der Waals surface area contributed by atoms with E-state index in [0.29, 0.717) is 22.3 Å². The van der Waals surface area contributed by atoms with Crippen molar-refractivity contribution in [2.45, 2.75) is 28.8 Å². The highest BCUT2D eigenvalue weighted by atomic mass is 32.2. The van der Waals surface area contributed by atoms with Crippen LogP contribution < -0.4 is 10.1 Å². The van der Waals surface area contributed by atoms with E-state index in [-0.39, 0.29) is 16.0 Å². The first kappa shape index (κ1) is 19.7. The van der Waals surface area contributed by atoms with E-state index in [1.807, 2.05) is 0 Å². The monoisotopic (exact) mass is 417 g/mol. The number of sulfone groups is 1. The van der Waals surface area contributed by atoms with Gasteiger partial charge >= 0.3 is 0 Å². The second-order valence-electron chi connectivity index (χ2n) is 7.45. The van der Waals surface area contributed by atoms with Crippen molar-refractivity contribution in [1.82, 2.24) is 9.88 Å². The van der Waals surface area contributed by atoms with Gasteiger partial charge in [-0.25, -0.2) is 12.8 Å². The Bertz CT molecular complexity index is 1140. The van der Waals surface area contributed by atoms with Crippen LogP contribution in [0.5, 0.6) is 5.75 Å². The summed E-state index contributed by atoms with van der Waals surface area (Å²) < 4.78 is 45.2. The maximum atomic E-state index is 13.5. The van der Waals surface area contributed by atoms with Crippen molar-refractivity contribution in [3.05, 3.63) is 48.3 Å². The Morgan fingerprint density at radius 1 is 1.14 bits per heavy atom. The molecule has 0 unspecified atom stereocenters. The third kappa shape index (κ3) is 3.95. The smallest absolute Gasteiger partial charge is 0.221 e. The standard InChI is InChI=1S/C21H24FN3O3S/c1-25-9-7-16(8-10-25)23-19-13-17(4-6-20(19)28-2)29(26,27)21-12-14-11-15(22)3-5-18(14)24-21/h3-6,11-13,16,23-24H,7-10H2,1-2H3. The summed E-state index contributed by atoms with van der Waals surface area (Å²) in [6.45, 7) is 1.98. The lowest BCUT2D eigenvalue weighted by atomic mass is 10.1. The largest absolute Gasteiger partial charge is 0.495 e. The number of aromatic nitrogens is 1. The number of H-pyrrole nitrogens is 1. The Morgan fingerprint density at radius 2 is 1.90 bits per heavy atom. The number of rotatable bonds is 5. The van der Waals surface area contributed by atoms with Gasteiger partial charge in [-0.2, -0.15) is 0 Å². The van der Waals surface area contributed by atoms with Crippen LogP contribution in [0.1, 0.15) is 12.8 Å². The first-order chi connectivity index (χ1) is 13.9. The van der Waals surface area contributed by atoms with Crippen molar-refractivity contribution >= 4 is 26.4 Å². The Hall–Kier alpha value is -2.58. The second kappa shape index (κ2) is 7.68. The van der Waals surface area contributed by atoms with Crippen molar-refractivity contribution < 1.29 is 17.5 Å².